The fourth-order valence-electron chi connectivity index (χ4n) is 1.93. The first-order valence-corrected chi connectivity index (χ1v) is 7.57. The standard InChI is InChI=1S/C17H16ClFN2O3/c1-11(22)20-16-10-13(5-6-15(16)19)21-17(23)7-8-24-14-4-2-3-12(18)9-14/h2-6,9-10H,7-8H2,1H3,(H,20,22)(H,21,23). The molecule has 2 aromatic carbocycles. The van der Waals surface area contributed by atoms with Crippen LogP contribution in [0.15, 0.2) is 42.5 Å². The molecule has 5 nitrogen and oxygen atoms in total. The molecule has 0 bridgehead atoms. The molecule has 7 heteroatoms. The van der Waals surface area contributed by atoms with E-state index >= 15 is 0 Å². The Hall–Kier alpha value is -2.60. The minimum Gasteiger partial charge on any atom is -0.493 e. The summed E-state index contributed by atoms with van der Waals surface area (Å²) in [7, 11) is 0. The number of anilines is 2. The van der Waals surface area contributed by atoms with Crippen molar-refractivity contribution in [3.8, 4) is 5.75 Å². The third-order valence-corrected chi connectivity index (χ3v) is 3.19. The number of hydrogen-bond donors (Lipinski definition) is 2. The molecular formula is C17H16ClFN2O3. The van der Waals surface area contributed by atoms with Crippen molar-refractivity contribution in [1.82, 2.24) is 0 Å². The second-order valence-electron chi connectivity index (χ2n) is 4.98. The van der Waals surface area contributed by atoms with Gasteiger partial charge in [0.1, 0.15) is 11.6 Å². The average molecular weight is 351 g/mol. The van der Waals surface area contributed by atoms with Crippen molar-refractivity contribution in [2.75, 3.05) is 17.2 Å². The van der Waals surface area contributed by atoms with Gasteiger partial charge in [0.15, 0.2) is 0 Å². The van der Waals surface area contributed by atoms with Crippen LogP contribution in [0.4, 0.5) is 15.8 Å². The first kappa shape index (κ1) is 17.7. The molecule has 0 atom stereocenters. The Morgan fingerprint density at radius 1 is 1.17 bits per heavy atom. The third-order valence-electron chi connectivity index (χ3n) is 2.95. The molecule has 0 aliphatic heterocycles. The van der Waals surface area contributed by atoms with Crippen molar-refractivity contribution >= 4 is 34.8 Å². The summed E-state index contributed by atoms with van der Waals surface area (Å²) >= 11 is 5.84. The van der Waals surface area contributed by atoms with Crippen molar-refractivity contribution in [3.05, 3.63) is 53.3 Å². The molecule has 126 valence electrons. The van der Waals surface area contributed by atoms with Crippen LogP contribution in [0.1, 0.15) is 13.3 Å². The van der Waals surface area contributed by atoms with Crippen LogP contribution in [0.25, 0.3) is 0 Å². The van der Waals surface area contributed by atoms with Crippen molar-refractivity contribution in [1.29, 1.82) is 0 Å². The predicted molar refractivity (Wildman–Crippen MR) is 90.9 cm³/mol. The summed E-state index contributed by atoms with van der Waals surface area (Å²) in [4.78, 5) is 22.9. The highest BCUT2D eigenvalue weighted by Gasteiger charge is 2.08. The Morgan fingerprint density at radius 3 is 2.67 bits per heavy atom. The minimum atomic E-state index is -0.576. The lowest BCUT2D eigenvalue weighted by Gasteiger charge is -2.10. The molecular weight excluding hydrogens is 335 g/mol. The van der Waals surface area contributed by atoms with Crippen molar-refractivity contribution in [2.45, 2.75) is 13.3 Å². The van der Waals surface area contributed by atoms with Gasteiger partial charge >= 0.3 is 0 Å². The Balaban J connectivity index is 1.87. The molecule has 0 unspecified atom stereocenters. The van der Waals surface area contributed by atoms with Crippen molar-refractivity contribution in [3.63, 3.8) is 0 Å². The lowest BCUT2D eigenvalue weighted by Crippen LogP contribution is -2.16. The number of amides is 2. The van der Waals surface area contributed by atoms with Crippen LogP contribution in [-0.2, 0) is 9.59 Å². The highest BCUT2D eigenvalue weighted by Crippen LogP contribution is 2.20. The maximum Gasteiger partial charge on any atom is 0.227 e. The molecule has 2 amide bonds. The maximum atomic E-state index is 13.5. The van der Waals surface area contributed by atoms with Crippen LogP contribution in [0.3, 0.4) is 0 Å². The van der Waals surface area contributed by atoms with E-state index in [-0.39, 0.29) is 24.6 Å². The SMILES string of the molecule is CC(=O)Nc1cc(NC(=O)CCOc2cccc(Cl)c2)ccc1F. The summed E-state index contributed by atoms with van der Waals surface area (Å²) in [5.74, 6) is -0.692. The van der Waals surface area contributed by atoms with E-state index in [1.165, 1.54) is 25.1 Å². The maximum absolute atomic E-state index is 13.5. The quantitative estimate of drug-likeness (QED) is 0.831. The molecule has 0 fully saturated rings. The molecule has 0 aliphatic carbocycles. The second-order valence-corrected chi connectivity index (χ2v) is 5.42. The van der Waals surface area contributed by atoms with E-state index < -0.39 is 11.7 Å². The predicted octanol–water partition coefficient (Wildman–Crippen LogP) is 3.85. The monoisotopic (exact) mass is 350 g/mol. The summed E-state index contributed by atoms with van der Waals surface area (Å²) in [5, 5.41) is 5.52. The zero-order chi connectivity index (χ0) is 17.5. The lowest BCUT2D eigenvalue weighted by atomic mass is 10.2. The molecule has 2 aromatic rings. The summed E-state index contributed by atoms with van der Waals surface area (Å²) in [6.07, 6.45) is 0.110. The Labute approximate surface area is 143 Å². The summed E-state index contributed by atoms with van der Waals surface area (Å²) in [5.41, 5.74) is 0.392. The molecule has 0 aliphatic rings. The van der Waals surface area contributed by atoms with E-state index in [1.807, 2.05) is 0 Å². The Morgan fingerprint density at radius 2 is 1.96 bits per heavy atom. The molecule has 0 radical (unpaired) electrons. The fraction of sp³-hybridized carbons (Fsp3) is 0.176. The van der Waals surface area contributed by atoms with Crippen LogP contribution < -0.4 is 15.4 Å². The molecule has 0 saturated heterocycles. The van der Waals surface area contributed by atoms with Crippen LogP contribution in [0.5, 0.6) is 5.75 Å². The van der Waals surface area contributed by atoms with E-state index in [9.17, 15) is 14.0 Å². The number of hydrogen-bond acceptors (Lipinski definition) is 3. The van der Waals surface area contributed by atoms with Crippen molar-refractivity contribution in [2.24, 2.45) is 0 Å². The molecule has 0 spiro atoms. The van der Waals surface area contributed by atoms with Gasteiger partial charge < -0.3 is 15.4 Å². The van der Waals surface area contributed by atoms with Gasteiger partial charge in [-0.2, -0.15) is 0 Å². The van der Waals surface area contributed by atoms with Gasteiger partial charge in [-0.25, -0.2) is 4.39 Å². The molecule has 0 heterocycles. The van der Waals surface area contributed by atoms with E-state index in [2.05, 4.69) is 10.6 Å². The van der Waals surface area contributed by atoms with E-state index in [0.29, 0.717) is 16.5 Å². The van der Waals surface area contributed by atoms with E-state index in [4.69, 9.17) is 16.3 Å². The zero-order valence-corrected chi connectivity index (χ0v) is 13.7. The summed E-state index contributed by atoms with van der Waals surface area (Å²) in [6, 6.07) is 10.8. The number of halogens is 2. The number of benzene rings is 2. The smallest absolute Gasteiger partial charge is 0.227 e. The van der Waals surface area contributed by atoms with Gasteiger partial charge in [0, 0.05) is 17.6 Å². The molecule has 2 rings (SSSR count). The highest BCUT2D eigenvalue weighted by molar-refractivity contribution is 6.30. The number of rotatable bonds is 6. The average Bonchev–Trinajstić information content (AvgIpc) is 2.50. The number of nitrogens with one attached hydrogen (secondary N) is 2. The van der Waals surface area contributed by atoms with Gasteiger partial charge in [0.2, 0.25) is 11.8 Å². The van der Waals surface area contributed by atoms with Crippen molar-refractivity contribution < 1.29 is 18.7 Å². The first-order valence-electron chi connectivity index (χ1n) is 7.19. The summed E-state index contributed by atoms with van der Waals surface area (Å²) < 4.78 is 19.0. The fourth-order valence-corrected chi connectivity index (χ4v) is 2.11. The van der Waals surface area contributed by atoms with Crippen LogP contribution in [0.2, 0.25) is 5.02 Å². The second kappa shape index (κ2) is 8.31. The van der Waals surface area contributed by atoms with Gasteiger partial charge in [-0.05, 0) is 36.4 Å². The molecule has 24 heavy (non-hydrogen) atoms. The Bertz CT molecular complexity index is 752. The van der Waals surface area contributed by atoms with Gasteiger partial charge in [-0.3, -0.25) is 9.59 Å². The van der Waals surface area contributed by atoms with Gasteiger partial charge in [0.25, 0.3) is 0 Å². The van der Waals surface area contributed by atoms with Crippen LogP contribution >= 0.6 is 11.6 Å². The van der Waals surface area contributed by atoms with Gasteiger partial charge in [-0.15, -0.1) is 0 Å². The number of ether oxygens (including phenoxy) is 1. The molecule has 2 N–H and O–H groups in total. The van der Waals surface area contributed by atoms with E-state index in [0.717, 1.165) is 0 Å². The first-order chi connectivity index (χ1) is 11.4. The largest absolute Gasteiger partial charge is 0.493 e. The number of carbonyl (C=O) groups is 2. The van der Waals surface area contributed by atoms with Gasteiger partial charge in [0.05, 0.1) is 18.7 Å². The Kier molecular flexibility index (Phi) is 6.14. The minimum absolute atomic E-state index is 0.00970. The lowest BCUT2D eigenvalue weighted by molar-refractivity contribution is -0.116. The molecule has 0 aromatic heterocycles. The number of carbonyl (C=O) groups excluding carboxylic acids is 2. The third kappa shape index (κ3) is 5.55. The van der Waals surface area contributed by atoms with Crippen LogP contribution in [0, 0.1) is 5.82 Å². The topological polar surface area (TPSA) is 67.4 Å². The summed E-state index contributed by atoms with van der Waals surface area (Å²) in [6.45, 7) is 1.45. The normalized spacial score (nSPS) is 10.1. The molecule has 0 saturated carbocycles. The highest BCUT2D eigenvalue weighted by atomic mass is 35.5. The van der Waals surface area contributed by atoms with Gasteiger partial charge in [-0.1, -0.05) is 17.7 Å². The van der Waals surface area contributed by atoms with Crippen LogP contribution in [-0.4, -0.2) is 18.4 Å². The zero-order valence-electron chi connectivity index (χ0n) is 12.9. The van der Waals surface area contributed by atoms with E-state index in [1.54, 1.807) is 24.3 Å².